The molecular formula is C11H22N2O3. The fourth-order valence-corrected chi connectivity index (χ4v) is 1.64. The lowest BCUT2D eigenvalue weighted by molar-refractivity contribution is -0.140. The van der Waals surface area contributed by atoms with E-state index in [4.69, 9.17) is 5.11 Å². The molecule has 0 aliphatic rings. The minimum Gasteiger partial charge on any atom is -0.481 e. The number of aliphatic carboxylic acids is 1. The number of hydrogen-bond acceptors (Lipinski definition) is 3. The zero-order valence-corrected chi connectivity index (χ0v) is 10.7. The molecule has 16 heavy (non-hydrogen) atoms. The third-order valence-corrected chi connectivity index (χ3v) is 2.54. The molecule has 0 heterocycles. The van der Waals surface area contributed by atoms with Crippen LogP contribution in [0.15, 0.2) is 0 Å². The van der Waals surface area contributed by atoms with Crippen molar-refractivity contribution < 1.29 is 14.7 Å². The fourth-order valence-electron chi connectivity index (χ4n) is 1.64. The first-order valence-corrected chi connectivity index (χ1v) is 5.46. The van der Waals surface area contributed by atoms with E-state index in [1.807, 2.05) is 25.7 Å². The molecule has 0 bridgehead atoms. The third kappa shape index (κ3) is 4.61. The Bertz CT molecular complexity index is 252. The summed E-state index contributed by atoms with van der Waals surface area (Å²) < 4.78 is 0. The monoisotopic (exact) mass is 230 g/mol. The van der Waals surface area contributed by atoms with Gasteiger partial charge in [0.15, 0.2) is 0 Å². The first kappa shape index (κ1) is 14.9. The number of nitrogens with zero attached hydrogens (tertiary/aromatic N) is 2. The van der Waals surface area contributed by atoms with Gasteiger partial charge < -0.3 is 10.0 Å². The van der Waals surface area contributed by atoms with Gasteiger partial charge in [-0.25, -0.2) is 0 Å². The van der Waals surface area contributed by atoms with Gasteiger partial charge in [-0.2, -0.15) is 0 Å². The van der Waals surface area contributed by atoms with Crippen LogP contribution in [0.4, 0.5) is 0 Å². The first-order valence-electron chi connectivity index (χ1n) is 5.46. The Morgan fingerprint density at radius 1 is 1.19 bits per heavy atom. The van der Waals surface area contributed by atoms with E-state index in [1.54, 1.807) is 14.1 Å². The van der Waals surface area contributed by atoms with Gasteiger partial charge >= 0.3 is 5.97 Å². The zero-order valence-electron chi connectivity index (χ0n) is 10.7. The largest absolute Gasteiger partial charge is 0.481 e. The normalized spacial score (nSPS) is 12.9. The number of amides is 1. The van der Waals surface area contributed by atoms with Crippen LogP contribution in [-0.4, -0.2) is 59.5 Å². The van der Waals surface area contributed by atoms with Crippen LogP contribution in [0, 0.1) is 0 Å². The Kier molecular flexibility index (Phi) is 6.03. The Balaban J connectivity index is 4.52. The maximum Gasteiger partial charge on any atom is 0.304 e. The molecule has 1 unspecified atom stereocenters. The summed E-state index contributed by atoms with van der Waals surface area (Å²) in [7, 11) is 3.41. The van der Waals surface area contributed by atoms with Crippen molar-refractivity contribution in [2.24, 2.45) is 0 Å². The van der Waals surface area contributed by atoms with Gasteiger partial charge in [-0.1, -0.05) is 0 Å². The Labute approximate surface area is 97.0 Å². The van der Waals surface area contributed by atoms with Gasteiger partial charge in [-0.15, -0.1) is 0 Å². The van der Waals surface area contributed by atoms with Crippen LogP contribution in [0.5, 0.6) is 0 Å². The molecule has 0 aromatic rings. The number of carboxylic acid groups (broad SMARTS) is 1. The molecule has 1 N–H and O–H groups in total. The molecular weight excluding hydrogens is 208 g/mol. The SMILES string of the molecule is CC(C)N(CCC(=O)O)C(C)C(=O)N(C)C. The molecule has 0 aromatic carbocycles. The topological polar surface area (TPSA) is 60.9 Å². The molecule has 0 saturated heterocycles. The lowest BCUT2D eigenvalue weighted by Gasteiger charge is -2.32. The average molecular weight is 230 g/mol. The van der Waals surface area contributed by atoms with E-state index in [0.29, 0.717) is 6.54 Å². The van der Waals surface area contributed by atoms with Crippen LogP contribution in [-0.2, 0) is 9.59 Å². The lowest BCUT2D eigenvalue weighted by atomic mass is 10.2. The molecule has 5 nitrogen and oxygen atoms in total. The minimum atomic E-state index is -0.838. The number of likely N-dealkylation sites (N-methyl/N-ethyl adjacent to an activating group) is 1. The van der Waals surface area contributed by atoms with Gasteiger partial charge in [0.05, 0.1) is 12.5 Å². The average Bonchev–Trinajstić information content (AvgIpc) is 2.15. The summed E-state index contributed by atoms with van der Waals surface area (Å²) in [5.41, 5.74) is 0. The molecule has 94 valence electrons. The van der Waals surface area contributed by atoms with Gasteiger partial charge in [0, 0.05) is 26.7 Å². The number of carbonyl (C=O) groups is 2. The molecule has 1 amide bonds. The fraction of sp³-hybridized carbons (Fsp3) is 0.818. The van der Waals surface area contributed by atoms with Crippen LogP contribution in [0.1, 0.15) is 27.2 Å². The predicted molar refractivity (Wildman–Crippen MR) is 62.3 cm³/mol. The molecule has 0 fully saturated rings. The molecule has 0 saturated carbocycles. The van der Waals surface area contributed by atoms with Crippen molar-refractivity contribution in [3.05, 3.63) is 0 Å². The maximum absolute atomic E-state index is 11.8. The standard InChI is InChI=1S/C11H22N2O3/c1-8(2)13(7-6-10(14)15)9(3)11(16)12(4)5/h8-9H,6-7H2,1-5H3,(H,14,15). The summed E-state index contributed by atoms with van der Waals surface area (Å²) in [5, 5.41) is 8.65. The van der Waals surface area contributed by atoms with E-state index in [1.165, 1.54) is 4.90 Å². The Hall–Kier alpha value is -1.10. The smallest absolute Gasteiger partial charge is 0.304 e. The number of rotatable bonds is 6. The Morgan fingerprint density at radius 3 is 2.00 bits per heavy atom. The summed E-state index contributed by atoms with van der Waals surface area (Å²) in [4.78, 5) is 25.7. The molecule has 1 atom stereocenters. The van der Waals surface area contributed by atoms with Crippen LogP contribution in [0.2, 0.25) is 0 Å². The summed E-state index contributed by atoms with van der Waals surface area (Å²) in [6, 6.07) is -0.132. The second-order valence-corrected chi connectivity index (χ2v) is 4.38. The van der Waals surface area contributed by atoms with Gasteiger partial charge in [0.2, 0.25) is 5.91 Å². The molecule has 0 aliphatic heterocycles. The first-order chi connectivity index (χ1) is 7.27. The van der Waals surface area contributed by atoms with Gasteiger partial charge in [0.25, 0.3) is 0 Å². The summed E-state index contributed by atoms with van der Waals surface area (Å²) in [6.07, 6.45) is 0.0588. The highest BCUT2D eigenvalue weighted by Crippen LogP contribution is 2.08. The van der Waals surface area contributed by atoms with Crippen molar-refractivity contribution in [1.82, 2.24) is 9.80 Å². The highest BCUT2D eigenvalue weighted by Gasteiger charge is 2.24. The quantitative estimate of drug-likeness (QED) is 0.727. The number of carboxylic acids is 1. The minimum absolute atomic E-state index is 0.000844. The van der Waals surface area contributed by atoms with E-state index in [0.717, 1.165) is 0 Å². The highest BCUT2D eigenvalue weighted by atomic mass is 16.4. The number of carbonyl (C=O) groups excluding carboxylic acids is 1. The highest BCUT2D eigenvalue weighted by molar-refractivity contribution is 5.81. The van der Waals surface area contributed by atoms with Crippen molar-refractivity contribution in [2.75, 3.05) is 20.6 Å². The van der Waals surface area contributed by atoms with Gasteiger partial charge in [-0.3, -0.25) is 14.5 Å². The van der Waals surface area contributed by atoms with Crippen molar-refractivity contribution in [3.63, 3.8) is 0 Å². The van der Waals surface area contributed by atoms with Crippen molar-refractivity contribution >= 4 is 11.9 Å². The van der Waals surface area contributed by atoms with Crippen molar-refractivity contribution in [3.8, 4) is 0 Å². The summed E-state index contributed by atoms with van der Waals surface area (Å²) >= 11 is 0. The van der Waals surface area contributed by atoms with Gasteiger partial charge in [0.1, 0.15) is 0 Å². The predicted octanol–water partition coefficient (Wildman–Crippen LogP) is 0.648. The molecule has 5 heteroatoms. The Morgan fingerprint density at radius 2 is 1.69 bits per heavy atom. The molecule has 0 radical (unpaired) electrons. The maximum atomic E-state index is 11.8. The second kappa shape index (κ2) is 6.48. The molecule has 0 aromatic heterocycles. The van der Waals surface area contributed by atoms with E-state index in [9.17, 15) is 9.59 Å². The van der Waals surface area contributed by atoms with E-state index in [2.05, 4.69) is 0 Å². The van der Waals surface area contributed by atoms with Gasteiger partial charge in [-0.05, 0) is 20.8 Å². The van der Waals surface area contributed by atoms with E-state index >= 15 is 0 Å². The number of hydrogen-bond donors (Lipinski definition) is 1. The van der Waals surface area contributed by atoms with Crippen molar-refractivity contribution in [2.45, 2.75) is 39.3 Å². The molecule has 0 aliphatic carbocycles. The third-order valence-electron chi connectivity index (χ3n) is 2.54. The lowest BCUT2D eigenvalue weighted by Crippen LogP contribution is -2.48. The summed E-state index contributed by atoms with van der Waals surface area (Å²) in [6.45, 7) is 6.13. The van der Waals surface area contributed by atoms with Crippen LogP contribution in [0.3, 0.4) is 0 Å². The zero-order chi connectivity index (χ0) is 12.9. The summed E-state index contributed by atoms with van der Waals surface area (Å²) in [5.74, 6) is -0.839. The van der Waals surface area contributed by atoms with Crippen LogP contribution < -0.4 is 0 Å². The van der Waals surface area contributed by atoms with E-state index < -0.39 is 5.97 Å². The molecule has 0 spiro atoms. The van der Waals surface area contributed by atoms with Crippen LogP contribution >= 0.6 is 0 Å². The van der Waals surface area contributed by atoms with Crippen molar-refractivity contribution in [1.29, 1.82) is 0 Å². The van der Waals surface area contributed by atoms with E-state index in [-0.39, 0.29) is 24.4 Å². The second-order valence-electron chi connectivity index (χ2n) is 4.38. The van der Waals surface area contributed by atoms with Crippen LogP contribution in [0.25, 0.3) is 0 Å². The molecule has 0 rings (SSSR count).